The average molecular weight is 323 g/mol. The molecule has 2 aromatic carbocycles. The highest BCUT2D eigenvalue weighted by Crippen LogP contribution is 2.12. The number of fused-ring (bicyclic) bond motifs is 1. The lowest BCUT2D eigenvalue weighted by Gasteiger charge is -2.08. The number of aryl methyl sites for hydroxylation is 2. The Balaban J connectivity index is 1.80. The zero-order valence-corrected chi connectivity index (χ0v) is 14.0. The van der Waals surface area contributed by atoms with Crippen molar-refractivity contribution in [3.8, 4) is 0 Å². The Morgan fingerprint density at radius 1 is 1.00 bits per heavy atom. The normalized spacial score (nSPS) is 10.9. The van der Waals surface area contributed by atoms with E-state index in [2.05, 4.69) is 5.32 Å². The molecule has 0 bridgehead atoms. The number of aromatic nitrogens is 2. The van der Waals surface area contributed by atoms with Crippen molar-refractivity contribution in [2.45, 2.75) is 33.5 Å². The fourth-order valence-electron chi connectivity index (χ4n) is 2.93. The van der Waals surface area contributed by atoms with Gasteiger partial charge in [0.05, 0.1) is 11.0 Å². The van der Waals surface area contributed by atoms with E-state index >= 15 is 0 Å². The number of benzene rings is 2. The lowest BCUT2D eigenvalue weighted by molar-refractivity contribution is -0.121. The van der Waals surface area contributed by atoms with Gasteiger partial charge in [-0.1, -0.05) is 36.4 Å². The standard InChI is InChI=1S/C19H21N3O2/c1-3-21-16-10-6-7-11-17(16)22(19(21)24)13-18(23)20-12-15-9-5-4-8-14(15)2/h4-11H,3,12-13H2,1-2H3,(H,20,23). The van der Waals surface area contributed by atoms with Crippen molar-refractivity contribution >= 4 is 16.9 Å². The Hall–Kier alpha value is -2.82. The van der Waals surface area contributed by atoms with Gasteiger partial charge in [0.25, 0.3) is 0 Å². The summed E-state index contributed by atoms with van der Waals surface area (Å²) in [4.78, 5) is 24.8. The quantitative estimate of drug-likeness (QED) is 0.784. The second kappa shape index (κ2) is 6.74. The summed E-state index contributed by atoms with van der Waals surface area (Å²) in [6.07, 6.45) is 0. The average Bonchev–Trinajstić information content (AvgIpc) is 2.86. The Morgan fingerprint density at radius 3 is 2.29 bits per heavy atom. The largest absolute Gasteiger partial charge is 0.350 e. The third-order valence-electron chi connectivity index (χ3n) is 4.28. The van der Waals surface area contributed by atoms with Gasteiger partial charge < -0.3 is 5.32 Å². The van der Waals surface area contributed by atoms with Gasteiger partial charge in [0.2, 0.25) is 5.91 Å². The molecule has 0 fully saturated rings. The van der Waals surface area contributed by atoms with Gasteiger partial charge in [-0.2, -0.15) is 0 Å². The Kier molecular flexibility index (Phi) is 4.51. The first-order chi connectivity index (χ1) is 11.6. The molecule has 1 N–H and O–H groups in total. The molecule has 0 spiro atoms. The SMILES string of the molecule is CCn1c(=O)n(CC(=O)NCc2ccccc2C)c2ccccc21. The predicted molar refractivity (Wildman–Crippen MR) is 94.9 cm³/mol. The van der Waals surface area contributed by atoms with E-state index in [-0.39, 0.29) is 18.1 Å². The maximum atomic E-state index is 12.5. The van der Waals surface area contributed by atoms with Crippen molar-refractivity contribution in [1.82, 2.24) is 14.5 Å². The minimum Gasteiger partial charge on any atom is -0.350 e. The Labute approximate surface area is 140 Å². The maximum Gasteiger partial charge on any atom is 0.329 e. The highest BCUT2D eigenvalue weighted by Gasteiger charge is 2.14. The monoisotopic (exact) mass is 323 g/mol. The van der Waals surface area contributed by atoms with Gasteiger partial charge in [-0.25, -0.2) is 4.79 Å². The molecule has 3 aromatic rings. The van der Waals surface area contributed by atoms with E-state index in [4.69, 9.17) is 0 Å². The number of carbonyl (C=O) groups excluding carboxylic acids is 1. The summed E-state index contributed by atoms with van der Waals surface area (Å²) in [5.74, 6) is -0.167. The van der Waals surface area contributed by atoms with E-state index in [0.717, 1.165) is 22.2 Å². The van der Waals surface area contributed by atoms with Crippen molar-refractivity contribution in [1.29, 1.82) is 0 Å². The first kappa shape index (κ1) is 16.1. The van der Waals surface area contributed by atoms with Crippen LogP contribution in [0.15, 0.2) is 53.3 Å². The zero-order chi connectivity index (χ0) is 17.1. The van der Waals surface area contributed by atoms with Crippen molar-refractivity contribution in [2.75, 3.05) is 0 Å². The molecule has 24 heavy (non-hydrogen) atoms. The van der Waals surface area contributed by atoms with Crippen LogP contribution in [0.4, 0.5) is 0 Å². The van der Waals surface area contributed by atoms with E-state index in [9.17, 15) is 9.59 Å². The number of nitrogens with zero attached hydrogens (tertiary/aromatic N) is 2. The van der Waals surface area contributed by atoms with E-state index in [1.165, 1.54) is 4.57 Å². The summed E-state index contributed by atoms with van der Waals surface area (Å²) < 4.78 is 3.22. The number of imidazole rings is 1. The van der Waals surface area contributed by atoms with Crippen LogP contribution in [0.25, 0.3) is 11.0 Å². The molecule has 0 aliphatic heterocycles. The summed E-state index contributed by atoms with van der Waals surface area (Å²) >= 11 is 0. The molecular formula is C19H21N3O2. The van der Waals surface area contributed by atoms with Gasteiger partial charge in [-0.3, -0.25) is 13.9 Å². The van der Waals surface area contributed by atoms with Crippen LogP contribution < -0.4 is 11.0 Å². The van der Waals surface area contributed by atoms with Crippen molar-refractivity contribution in [3.63, 3.8) is 0 Å². The number of para-hydroxylation sites is 2. The smallest absolute Gasteiger partial charge is 0.329 e. The maximum absolute atomic E-state index is 12.5. The van der Waals surface area contributed by atoms with E-state index in [1.54, 1.807) is 4.57 Å². The molecule has 0 aliphatic rings. The van der Waals surface area contributed by atoms with Crippen LogP contribution >= 0.6 is 0 Å². The summed E-state index contributed by atoms with van der Waals surface area (Å²) in [5.41, 5.74) is 3.71. The summed E-state index contributed by atoms with van der Waals surface area (Å²) in [7, 11) is 0. The molecule has 0 aliphatic carbocycles. The minimum atomic E-state index is -0.167. The van der Waals surface area contributed by atoms with E-state index < -0.39 is 0 Å². The minimum absolute atomic E-state index is 0.0260. The van der Waals surface area contributed by atoms with Crippen LogP contribution in [0.1, 0.15) is 18.1 Å². The molecule has 5 heteroatoms. The molecule has 0 saturated heterocycles. The number of amides is 1. The van der Waals surface area contributed by atoms with E-state index in [1.807, 2.05) is 62.4 Å². The lowest BCUT2D eigenvalue weighted by Crippen LogP contribution is -2.32. The first-order valence-corrected chi connectivity index (χ1v) is 8.11. The van der Waals surface area contributed by atoms with Gasteiger partial charge in [-0.05, 0) is 37.1 Å². The third-order valence-corrected chi connectivity index (χ3v) is 4.28. The third kappa shape index (κ3) is 2.97. The fourth-order valence-corrected chi connectivity index (χ4v) is 2.93. The number of carbonyl (C=O) groups is 1. The molecule has 3 rings (SSSR count). The van der Waals surface area contributed by atoms with Crippen LogP contribution in [0.3, 0.4) is 0 Å². The highest BCUT2D eigenvalue weighted by molar-refractivity contribution is 5.80. The number of rotatable bonds is 5. The molecule has 5 nitrogen and oxygen atoms in total. The summed E-state index contributed by atoms with van der Waals surface area (Å²) in [5, 5.41) is 2.90. The topological polar surface area (TPSA) is 56.0 Å². The number of hydrogen-bond acceptors (Lipinski definition) is 2. The molecule has 124 valence electrons. The molecule has 1 amide bonds. The fraction of sp³-hybridized carbons (Fsp3) is 0.263. The van der Waals surface area contributed by atoms with Crippen LogP contribution in [0, 0.1) is 6.92 Å². The Morgan fingerprint density at radius 2 is 1.62 bits per heavy atom. The summed E-state index contributed by atoms with van der Waals surface area (Å²) in [6, 6.07) is 15.5. The van der Waals surface area contributed by atoms with Crippen LogP contribution in [0.2, 0.25) is 0 Å². The Bertz CT molecular complexity index is 937. The van der Waals surface area contributed by atoms with Crippen LogP contribution in [0.5, 0.6) is 0 Å². The second-order valence-corrected chi connectivity index (χ2v) is 5.80. The van der Waals surface area contributed by atoms with Gasteiger partial charge in [0.15, 0.2) is 0 Å². The molecular weight excluding hydrogens is 302 g/mol. The van der Waals surface area contributed by atoms with Crippen LogP contribution in [-0.4, -0.2) is 15.0 Å². The van der Waals surface area contributed by atoms with Crippen molar-refractivity contribution in [3.05, 3.63) is 70.1 Å². The zero-order valence-electron chi connectivity index (χ0n) is 14.0. The molecule has 1 heterocycles. The van der Waals surface area contributed by atoms with Gasteiger partial charge in [0.1, 0.15) is 6.54 Å². The first-order valence-electron chi connectivity index (χ1n) is 8.11. The number of nitrogens with one attached hydrogen (secondary N) is 1. The molecule has 0 atom stereocenters. The van der Waals surface area contributed by atoms with Gasteiger partial charge in [-0.15, -0.1) is 0 Å². The molecule has 1 aromatic heterocycles. The van der Waals surface area contributed by atoms with Gasteiger partial charge >= 0.3 is 5.69 Å². The lowest BCUT2D eigenvalue weighted by atomic mass is 10.1. The molecule has 0 saturated carbocycles. The van der Waals surface area contributed by atoms with E-state index in [0.29, 0.717) is 13.1 Å². The number of hydrogen-bond donors (Lipinski definition) is 1. The highest BCUT2D eigenvalue weighted by atomic mass is 16.2. The molecule has 0 unspecified atom stereocenters. The summed E-state index contributed by atoms with van der Waals surface area (Å²) in [6.45, 7) is 5.01. The second-order valence-electron chi connectivity index (χ2n) is 5.80. The van der Waals surface area contributed by atoms with Crippen molar-refractivity contribution < 1.29 is 4.79 Å². The predicted octanol–water partition coefficient (Wildman–Crippen LogP) is 2.45. The van der Waals surface area contributed by atoms with Crippen LogP contribution in [-0.2, 0) is 24.4 Å². The molecule has 0 radical (unpaired) electrons. The van der Waals surface area contributed by atoms with Crippen molar-refractivity contribution in [2.24, 2.45) is 0 Å². The van der Waals surface area contributed by atoms with Gasteiger partial charge in [0, 0.05) is 13.1 Å².